The van der Waals surface area contributed by atoms with Gasteiger partial charge in [0, 0.05) is 5.56 Å². The summed E-state index contributed by atoms with van der Waals surface area (Å²) in [6.07, 6.45) is 0. The fraction of sp³-hybridized carbons (Fsp3) is 0.316. The Morgan fingerprint density at radius 3 is 2.11 bits per heavy atom. The first-order chi connectivity index (χ1) is 13.0. The van der Waals surface area contributed by atoms with E-state index in [1.807, 2.05) is 20.8 Å². The van der Waals surface area contributed by atoms with Crippen LogP contribution >= 0.6 is 0 Å². The molecule has 0 saturated heterocycles. The molecule has 1 aliphatic heterocycles. The molecule has 2 aromatic rings. The summed E-state index contributed by atoms with van der Waals surface area (Å²) in [5.41, 5.74) is 1.01. The molecular formula is C19H22N2O5S. The van der Waals surface area contributed by atoms with Crippen LogP contribution in [0.2, 0.25) is 0 Å². The second-order valence-electron chi connectivity index (χ2n) is 5.64. The molecule has 8 heteroatoms. The van der Waals surface area contributed by atoms with Crippen LogP contribution in [-0.2, 0) is 10.0 Å². The maximum absolute atomic E-state index is 12.5. The topological polar surface area (TPSA) is 86.2 Å². The van der Waals surface area contributed by atoms with Crippen LogP contribution in [0.1, 0.15) is 26.3 Å². The highest BCUT2D eigenvalue weighted by Crippen LogP contribution is 2.40. The van der Waals surface area contributed by atoms with Gasteiger partial charge in [-0.15, -0.1) is 4.40 Å². The monoisotopic (exact) mass is 390 g/mol. The van der Waals surface area contributed by atoms with Gasteiger partial charge in [-0.25, -0.2) is 0 Å². The lowest BCUT2D eigenvalue weighted by Crippen LogP contribution is -2.22. The molecule has 144 valence electrons. The predicted octanol–water partition coefficient (Wildman–Crippen LogP) is 3.44. The highest BCUT2D eigenvalue weighted by Gasteiger charge is 2.26. The number of nitrogens with one attached hydrogen (secondary N) is 1. The highest BCUT2D eigenvalue weighted by atomic mass is 32.2. The van der Waals surface area contributed by atoms with E-state index < -0.39 is 10.0 Å². The molecule has 0 unspecified atom stereocenters. The summed E-state index contributed by atoms with van der Waals surface area (Å²) in [7, 11) is -3.80. The van der Waals surface area contributed by atoms with Gasteiger partial charge in [0.1, 0.15) is 4.90 Å². The molecule has 0 spiro atoms. The standard InChI is InChI=1S/C19H22N2O5S/c1-4-24-15-11-13(12-16(25-5-2)18(15)26-6-3)19-20-14-9-7-8-10-17(14)27(22,23)21-19/h7-12H,4-6H2,1-3H3,(H,20,21). The third-order valence-corrected chi connectivity index (χ3v) is 5.15. The number of amidine groups is 1. The van der Waals surface area contributed by atoms with Crippen molar-refractivity contribution < 1.29 is 22.6 Å². The van der Waals surface area contributed by atoms with Crippen molar-refractivity contribution in [2.45, 2.75) is 25.7 Å². The summed E-state index contributed by atoms with van der Waals surface area (Å²) in [5, 5.41) is 3.08. The number of para-hydroxylation sites is 1. The molecule has 1 heterocycles. The number of ether oxygens (including phenoxy) is 3. The molecule has 0 atom stereocenters. The van der Waals surface area contributed by atoms with Crippen molar-refractivity contribution in [2.75, 3.05) is 25.1 Å². The molecule has 1 aliphatic rings. The third kappa shape index (κ3) is 3.85. The van der Waals surface area contributed by atoms with E-state index in [0.717, 1.165) is 0 Å². The van der Waals surface area contributed by atoms with Gasteiger partial charge < -0.3 is 19.5 Å². The average Bonchev–Trinajstić information content (AvgIpc) is 2.64. The molecule has 7 nitrogen and oxygen atoms in total. The Morgan fingerprint density at radius 2 is 1.52 bits per heavy atom. The minimum Gasteiger partial charge on any atom is -0.490 e. The molecule has 0 radical (unpaired) electrons. The molecule has 0 aromatic heterocycles. The van der Waals surface area contributed by atoms with Crippen molar-refractivity contribution in [1.29, 1.82) is 0 Å². The van der Waals surface area contributed by atoms with Gasteiger partial charge in [-0.05, 0) is 45.0 Å². The number of hydrogen-bond donors (Lipinski definition) is 1. The maximum atomic E-state index is 12.5. The Bertz CT molecular complexity index is 943. The van der Waals surface area contributed by atoms with Gasteiger partial charge in [0.15, 0.2) is 17.3 Å². The largest absolute Gasteiger partial charge is 0.490 e. The Morgan fingerprint density at radius 1 is 0.926 bits per heavy atom. The zero-order chi connectivity index (χ0) is 19.4. The van der Waals surface area contributed by atoms with Gasteiger partial charge in [-0.2, -0.15) is 8.42 Å². The normalized spacial score (nSPS) is 14.6. The number of sulfonamides is 1. The summed E-state index contributed by atoms with van der Waals surface area (Å²) in [6.45, 7) is 6.89. The lowest BCUT2D eigenvalue weighted by Gasteiger charge is -2.21. The van der Waals surface area contributed by atoms with Gasteiger partial charge >= 0.3 is 0 Å². The summed E-state index contributed by atoms with van der Waals surface area (Å²) in [5.74, 6) is 1.64. The summed E-state index contributed by atoms with van der Waals surface area (Å²) in [4.78, 5) is 0.148. The number of fused-ring (bicyclic) bond motifs is 1. The second kappa shape index (κ2) is 7.87. The van der Waals surface area contributed by atoms with Gasteiger partial charge in [0.05, 0.1) is 25.5 Å². The highest BCUT2D eigenvalue weighted by molar-refractivity contribution is 7.90. The van der Waals surface area contributed by atoms with Crippen LogP contribution in [-0.4, -0.2) is 34.1 Å². The minimum absolute atomic E-state index is 0.148. The van der Waals surface area contributed by atoms with Crippen molar-refractivity contribution in [3.05, 3.63) is 42.0 Å². The Balaban J connectivity index is 2.13. The van der Waals surface area contributed by atoms with E-state index in [0.29, 0.717) is 48.3 Å². The Labute approximate surface area is 159 Å². The van der Waals surface area contributed by atoms with Crippen LogP contribution in [0, 0.1) is 0 Å². The molecule has 0 amide bonds. The van der Waals surface area contributed by atoms with Gasteiger partial charge in [-0.3, -0.25) is 0 Å². The van der Waals surface area contributed by atoms with Gasteiger partial charge in [-0.1, -0.05) is 12.1 Å². The number of anilines is 1. The van der Waals surface area contributed by atoms with Crippen LogP contribution < -0.4 is 19.5 Å². The average molecular weight is 390 g/mol. The second-order valence-corrected chi connectivity index (χ2v) is 7.21. The first kappa shape index (κ1) is 19.0. The van der Waals surface area contributed by atoms with Gasteiger partial charge in [0.2, 0.25) is 5.75 Å². The van der Waals surface area contributed by atoms with Gasteiger partial charge in [0.25, 0.3) is 10.0 Å². The quantitative estimate of drug-likeness (QED) is 0.779. The molecule has 1 N–H and O–H groups in total. The fourth-order valence-corrected chi connectivity index (χ4v) is 3.90. The number of nitrogens with zero attached hydrogens (tertiary/aromatic N) is 1. The fourth-order valence-electron chi connectivity index (χ4n) is 2.76. The molecule has 2 aromatic carbocycles. The molecule has 3 rings (SSSR count). The Kier molecular flexibility index (Phi) is 5.55. The molecule has 0 fully saturated rings. The van der Waals surface area contributed by atoms with E-state index in [1.54, 1.807) is 30.3 Å². The summed E-state index contributed by atoms with van der Waals surface area (Å²) in [6, 6.07) is 10.0. The van der Waals surface area contributed by atoms with Crippen LogP contribution in [0.15, 0.2) is 45.7 Å². The van der Waals surface area contributed by atoms with Crippen LogP contribution in [0.25, 0.3) is 0 Å². The summed E-state index contributed by atoms with van der Waals surface area (Å²) < 4.78 is 46.1. The molecule has 0 aliphatic carbocycles. The number of rotatable bonds is 7. The summed E-state index contributed by atoms with van der Waals surface area (Å²) >= 11 is 0. The smallest absolute Gasteiger partial charge is 0.286 e. The van der Waals surface area contributed by atoms with E-state index in [2.05, 4.69) is 9.71 Å². The zero-order valence-corrected chi connectivity index (χ0v) is 16.3. The van der Waals surface area contributed by atoms with Crippen LogP contribution in [0.5, 0.6) is 17.2 Å². The van der Waals surface area contributed by atoms with E-state index >= 15 is 0 Å². The van der Waals surface area contributed by atoms with Crippen LogP contribution in [0.4, 0.5) is 5.69 Å². The van der Waals surface area contributed by atoms with E-state index in [9.17, 15) is 8.42 Å². The molecule has 0 saturated carbocycles. The number of benzene rings is 2. The first-order valence-electron chi connectivity index (χ1n) is 8.78. The third-order valence-electron chi connectivity index (χ3n) is 3.81. The lowest BCUT2D eigenvalue weighted by atomic mass is 10.1. The predicted molar refractivity (Wildman–Crippen MR) is 104 cm³/mol. The van der Waals surface area contributed by atoms with E-state index in [4.69, 9.17) is 14.2 Å². The molecule has 0 bridgehead atoms. The van der Waals surface area contributed by atoms with E-state index in [1.165, 1.54) is 6.07 Å². The number of hydrogen-bond acceptors (Lipinski definition) is 6. The minimum atomic E-state index is -3.80. The maximum Gasteiger partial charge on any atom is 0.286 e. The molecular weight excluding hydrogens is 368 g/mol. The SMILES string of the molecule is CCOc1cc(C2=NS(=O)(=O)c3ccccc3N2)cc(OCC)c1OCC. The molecule has 27 heavy (non-hydrogen) atoms. The van der Waals surface area contributed by atoms with Crippen molar-refractivity contribution in [1.82, 2.24) is 0 Å². The van der Waals surface area contributed by atoms with Crippen molar-refractivity contribution in [2.24, 2.45) is 4.40 Å². The van der Waals surface area contributed by atoms with Crippen molar-refractivity contribution in [3.63, 3.8) is 0 Å². The van der Waals surface area contributed by atoms with E-state index in [-0.39, 0.29) is 10.7 Å². The first-order valence-corrected chi connectivity index (χ1v) is 10.2. The van der Waals surface area contributed by atoms with Crippen molar-refractivity contribution in [3.8, 4) is 17.2 Å². The lowest BCUT2D eigenvalue weighted by molar-refractivity contribution is 0.260. The van der Waals surface area contributed by atoms with Crippen LogP contribution in [0.3, 0.4) is 0 Å². The Hall–Kier alpha value is -2.74. The zero-order valence-electron chi connectivity index (χ0n) is 15.5. The van der Waals surface area contributed by atoms with Crippen molar-refractivity contribution >= 4 is 21.5 Å².